The van der Waals surface area contributed by atoms with Crippen molar-refractivity contribution in [2.45, 2.75) is 54.0 Å². The lowest BCUT2D eigenvalue weighted by Gasteiger charge is -2.16. The van der Waals surface area contributed by atoms with Gasteiger partial charge in [0.05, 0.1) is 10.9 Å². The SMILES string of the molecule is CCCCn1nc(NC(=O)C(C)(C)C)c2cc3cccc(C)c3nc21. The number of nitrogens with one attached hydrogen (secondary N) is 1. The van der Waals surface area contributed by atoms with Gasteiger partial charge in [-0.25, -0.2) is 9.67 Å². The highest BCUT2D eigenvalue weighted by atomic mass is 16.2. The number of hydrogen-bond acceptors (Lipinski definition) is 3. The maximum atomic E-state index is 12.4. The molecule has 1 amide bonds. The van der Waals surface area contributed by atoms with E-state index in [4.69, 9.17) is 4.98 Å². The van der Waals surface area contributed by atoms with Crippen LogP contribution in [-0.2, 0) is 11.3 Å². The van der Waals surface area contributed by atoms with Gasteiger partial charge in [0, 0.05) is 17.3 Å². The number of amides is 1. The third-order valence-electron chi connectivity index (χ3n) is 4.38. The molecule has 132 valence electrons. The Morgan fingerprint density at radius 3 is 2.72 bits per heavy atom. The molecule has 0 saturated heterocycles. The third-order valence-corrected chi connectivity index (χ3v) is 4.38. The van der Waals surface area contributed by atoms with Gasteiger partial charge in [0.15, 0.2) is 11.5 Å². The molecule has 5 heteroatoms. The van der Waals surface area contributed by atoms with Crippen molar-refractivity contribution in [3.63, 3.8) is 0 Å². The van der Waals surface area contributed by atoms with Gasteiger partial charge in [-0.1, -0.05) is 52.3 Å². The van der Waals surface area contributed by atoms with Gasteiger partial charge in [-0.05, 0) is 25.0 Å². The zero-order chi connectivity index (χ0) is 18.2. The van der Waals surface area contributed by atoms with E-state index in [1.807, 2.05) is 37.6 Å². The maximum Gasteiger partial charge on any atom is 0.230 e. The summed E-state index contributed by atoms with van der Waals surface area (Å²) < 4.78 is 1.92. The number of benzene rings is 1. The average molecular weight is 338 g/mol. The van der Waals surface area contributed by atoms with Crippen LogP contribution in [0, 0.1) is 12.3 Å². The Morgan fingerprint density at radius 2 is 2.04 bits per heavy atom. The quantitative estimate of drug-likeness (QED) is 0.751. The number of anilines is 1. The predicted octanol–water partition coefficient (Wildman–Crippen LogP) is 4.68. The Kier molecular flexibility index (Phi) is 4.50. The zero-order valence-electron chi connectivity index (χ0n) is 15.7. The van der Waals surface area contributed by atoms with E-state index in [1.54, 1.807) is 0 Å². The van der Waals surface area contributed by atoms with Gasteiger partial charge in [0.25, 0.3) is 0 Å². The molecule has 1 aromatic carbocycles. The van der Waals surface area contributed by atoms with Crippen LogP contribution in [0.1, 0.15) is 46.1 Å². The van der Waals surface area contributed by atoms with Gasteiger partial charge in [-0.3, -0.25) is 4.79 Å². The molecule has 0 aliphatic heterocycles. The lowest BCUT2D eigenvalue weighted by atomic mass is 9.96. The van der Waals surface area contributed by atoms with Crippen LogP contribution in [0.25, 0.3) is 21.9 Å². The Balaban J connectivity index is 2.17. The Hall–Kier alpha value is -2.43. The van der Waals surface area contributed by atoms with Gasteiger partial charge in [0.2, 0.25) is 5.91 Å². The van der Waals surface area contributed by atoms with Gasteiger partial charge in [-0.2, -0.15) is 5.10 Å². The first-order valence-electron chi connectivity index (χ1n) is 8.89. The van der Waals surface area contributed by atoms with E-state index < -0.39 is 5.41 Å². The van der Waals surface area contributed by atoms with Crippen LogP contribution in [-0.4, -0.2) is 20.7 Å². The molecule has 0 aliphatic rings. The van der Waals surface area contributed by atoms with Crippen molar-refractivity contribution < 1.29 is 4.79 Å². The van der Waals surface area contributed by atoms with Crippen molar-refractivity contribution >= 4 is 33.7 Å². The average Bonchev–Trinajstić information content (AvgIpc) is 2.88. The molecule has 5 nitrogen and oxygen atoms in total. The van der Waals surface area contributed by atoms with Gasteiger partial charge < -0.3 is 5.32 Å². The number of carbonyl (C=O) groups excluding carboxylic acids is 1. The molecule has 0 bridgehead atoms. The normalized spacial score (nSPS) is 12.0. The van der Waals surface area contributed by atoms with Crippen molar-refractivity contribution in [3.05, 3.63) is 29.8 Å². The number of carbonyl (C=O) groups is 1. The fourth-order valence-corrected chi connectivity index (χ4v) is 2.78. The largest absolute Gasteiger partial charge is 0.308 e. The first-order chi connectivity index (χ1) is 11.8. The second kappa shape index (κ2) is 6.47. The smallest absolute Gasteiger partial charge is 0.230 e. The summed E-state index contributed by atoms with van der Waals surface area (Å²) in [6.07, 6.45) is 2.11. The number of hydrogen-bond donors (Lipinski definition) is 1. The fraction of sp³-hybridized carbons (Fsp3) is 0.450. The summed E-state index contributed by atoms with van der Waals surface area (Å²) in [5.41, 5.74) is 2.49. The summed E-state index contributed by atoms with van der Waals surface area (Å²) in [7, 11) is 0. The van der Waals surface area contributed by atoms with Crippen LogP contribution in [0.15, 0.2) is 24.3 Å². The summed E-state index contributed by atoms with van der Waals surface area (Å²) in [5.74, 6) is 0.556. The van der Waals surface area contributed by atoms with Crippen LogP contribution in [0.5, 0.6) is 0 Å². The molecule has 0 spiro atoms. The van der Waals surface area contributed by atoms with Gasteiger partial charge >= 0.3 is 0 Å². The number of rotatable bonds is 4. The van der Waals surface area contributed by atoms with Crippen LogP contribution in [0.4, 0.5) is 5.82 Å². The minimum Gasteiger partial charge on any atom is -0.308 e. The molecule has 1 N–H and O–H groups in total. The number of unbranched alkanes of at least 4 members (excludes halogenated alkanes) is 1. The molecular weight excluding hydrogens is 312 g/mol. The van der Waals surface area contributed by atoms with Crippen molar-refractivity contribution in [1.29, 1.82) is 0 Å². The van der Waals surface area contributed by atoms with Crippen LogP contribution >= 0.6 is 0 Å². The van der Waals surface area contributed by atoms with Crippen LogP contribution in [0.3, 0.4) is 0 Å². The maximum absolute atomic E-state index is 12.4. The topological polar surface area (TPSA) is 59.8 Å². The third kappa shape index (κ3) is 3.36. The van der Waals surface area contributed by atoms with E-state index >= 15 is 0 Å². The van der Waals surface area contributed by atoms with Crippen molar-refractivity contribution in [2.75, 3.05) is 5.32 Å². The minimum atomic E-state index is -0.472. The highest BCUT2D eigenvalue weighted by Crippen LogP contribution is 2.28. The Bertz CT molecular complexity index is 934. The van der Waals surface area contributed by atoms with Crippen LogP contribution in [0.2, 0.25) is 0 Å². The van der Waals surface area contributed by atoms with Gasteiger partial charge in [0.1, 0.15) is 0 Å². The van der Waals surface area contributed by atoms with Crippen molar-refractivity contribution in [2.24, 2.45) is 5.41 Å². The lowest BCUT2D eigenvalue weighted by Crippen LogP contribution is -2.27. The predicted molar refractivity (Wildman–Crippen MR) is 103 cm³/mol. The summed E-state index contributed by atoms with van der Waals surface area (Å²) in [6, 6.07) is 8.22. The fourth-order valence-electron chi connectivity index (χ4n) is 2.78. The summed E-state index contributed by atoms with van der Waals surface area (Å²) in [5, 5.41) is 9.60. The molecule has 25 heavy (non-hydrogen) atoms. The Morgan fingerprint density at radius 1 is 1.28 bits per heavy atom. The van der Waals surface area contributed by atoms with E-state index in [1.165, 1.54) is 0 Å². The summed E-state index contributed by atoms with van der Waals surface area (Å²) in [6.45, 7) is 10.7. The van der Waals surface area contributed by atoms with E-state index in [2.05, 4.69) is 36.4 Å². The first-order valence-corrected chi connectivity index (χ1v) is 8.89. The van der Waals surface area contributed by atoms with Crippen molar-refractivity contribution in [3.8, 4) is 0 Å². The summed E-state index contributed by atoms with van der Waals surface area (Å²) in [4.78, 5) is 17.3. The molecule has 3 rings (SSSR count). The molecule has 2 heterocycles. The van der Waals surface area contributed by atoms with E-state index in [-0.39, 0.29) is 5.91 Å². The number of fused-ring (bicyclic) bond motifs is 2. The second-order valence-electron chi connectivity index (χ2n) is 7.64. The van der Waals surface area contributed by atoms with E-state index in [0.717, 1.165) is 46.9 Å². The number of para-hydroxylation sites is 1. The summed E-state index contributed by atoms with van der Waals surface area (Å²) >= 11 is 0. The highest BCUT2D eigenvalue weighted by molar-refractivity contribution is 6.04. The Labute approximate surface area is 148 Å². The monoisotopic (exact) mass is 338 g/mol. The minimum absolute atomic E-state index is 0.0427. The molecule has 0 atom stereocenters. The molecule has 0 radical (unpaired) electrons. The van der Waals surface area contributed by atoms with Gasteiger partial charge in [-0.15, -0.1) is 0 Å². The molecule has 0 fully saturated rings. The number of nitrogens with zero attached hydrogens (tertiary/aromatic N) is 3. The molecular formula is C20H26N4O. The second-order valence-corrected chi connectivity index (χ2v) is 7.64. The number of pyridine rings is 1. The lowest BCUT2D eigenvalue weighted by molar-refractivity contribution is -0.123. The molecule has 2 aromatic heterocycles. The molecule has 0 aliphatic carbocycles. The van der Waals surface area contributed by atoms with E-state index in [9.17, 15) is 4.79 Å². The molecule has 3 aromatic rings. The zero-order valence-corrected chi connectivity index (χ0v) is 15.7. The van der Waals surface area contributed by atoms with Crippen molar-refractivity contribution in [1.82, 2.24) is 14.8 Å². The highest BCUT2D eigenvalue weighted by Gasteiger charge is 2.24. The molecule has 0 unspecified atom stereocenters. The van der Waals surface area contributed by atoms with Crippen LogP contribution < -0.4 is 5.32 Å². The number of aryl methyl sites for hydroxylation is 2. The van der Waals surface area contributed by atoms with E-state index in [0.29, 0.717) is 5.82 Å². The number of aromatic nitrogens is 3. The first kappa shape index (κ1) is 17.4. The standard InChI is InChI=1S/C20H26N4O/c1-6-7-11-24-18-15(17(23-24)22-19(25)20(3,4)5)12-14-10-8-9-13(2)16(14)21-18/h8-10,12H,6-7,11H2,1-5H3,(H,22,23,25). The molecule has 0 saturated carbocycles.